The zero-order valence-electron chi connectivity index (χ0n) is 19.8. The van der Waals surface area contributed by atoms with Crippen LogP contribution in [0.2, 0.25) is 5.02 Å². The van der Waals surface area contributed by atoms with Crippen molar-refractivity contribution in [2.24, 2.45) is 0 Å². The van der Waals surface area contributed by atoms with Gasteiger partial charge < -0.3 is 14.8 Å². The summed E-state index contributed by atoms with van der Waals surface area (Å²) in [7, 11) is -2.28. The SMILES string of the molecule is CCC(C(=O)NCc1ccc(CN2CCOCC2)cc1)N(c1ccc(OC)c(Cl)c1)S(C)(=O)=O. The van der Waals surface area contributed by atoms with Crippen LogP contribution in [0.1, 0.15) is 24.5 Å². The van der Waals surface area contributed by atoms with Crippen LogP contribution in [0.25, 0.3) is 0 Å². The van der Waals surface area contributed by atoms with Crippen molar-refractivity contribution >= 4 is 33.2 Å². The van der Waals surface area contributed by atoms with Crippen molar-refractivity contribution < 1.29 is 22.7 Å². The summed E-state index contributed by atoms with van der Waals surface area (Å²) in [5.41, 5.74) is 2.44. The standard InChI is InChI=1S/C24H32ClN3O5S/c1-4-22(28(34(3,30)31)20-9-10-23(32-2)21(25)15-20)24(29)26-16-18-5-7-19(8-6-18)17-27-11-13-33-14-12-27/h5-10,15,22H,4,11-14,16-17H2,1-3H3,(H,26,29). The number of ether oxygens (including phenoxy) is 2. The molecule has 1 aliphatic heterocycles. The minimum atomic E-state index is -3.75. The molecule has 2 aromatic rings. The molecule has 3 rings (SSSR count). The number of amides is 1. The normalized spacial score (nSPS) is 15.5. The molecule has 1 saturated heterocycles. The summed E-state index contributed by atoms with van der Waals surface area (Å²) in [5.74, 6) is 0.0469. The van der Waals surface area contributed by atoms with Crippen LogP contribution >= 0.6 is 11.6 Å². The summed E-state index contributed by atoms with van der Waals surface area (Å²) in [6.45, 7) is 6.30. The molecule has 0 bridgehead atoms. The number of nitrogens with one attached hydrogen (secondary N) is 1. The lowest BCUT2D eigenvalue weighted by Crippen LogP contribution is -2.49. The second-order valence-corrected chi connectivity index (χ2v) is 10.5. The molecule has 10 heteroatoms. The Kier molecular flexibility index (Phi) is 9.18. The molecule has 1 aliphatic rings. The Balaban J connectivity index is 1.68. The first-order chi connectivity index (χ1) is 16.2. The number of methoxy groups -OCH3 is 1. The van der Waals surface area contributed by atoms with Gasteiger partial charge in [0.05, 0.1) is 37.3 Å². The number of rotatable bonds is 10. The summed E-state index contributed by atoms with van der Waals surface area (Å²) in [6, 6.07) is 11.8. The number of sulfonamides is 1. The van der Waals surface area contributed by atoms with E-state index >= 15 is 0 Å². The van der Waals surface area contributed by atoms with Gasteiger partial charge in [-0.15, -0.1) is 0 Å². The molecule has 0 spiro atoms. The molecule has 1 atom stereocenters. The molecule has 8 nitrogen and oxygen atoms in total. The largest absolute Gasteiger partial charge is 0.495 e. The van der Waals surface area contributed by atoms with E-state index in [-0.39, 0.29) is 10.9 Å². The van der Waals surface area contributed by atoms with Crippen molar-refractivity contribution in [2.45, 2.75) is 32.5 Å². The van der Waals surface area contributed by atoms with Gasteiger partial charge >= 0.3 is 0 Å². The highest BCUT2D eigenvalue weighted by Crippen LogP contribution is 2.31. The van der Waals surface area contributed by atoms with E-state index in [1.165, 1.54) is 18.7 Å². The van der Waals surface area contributed by atoms with Gasteiger partial charge in [-0.05, 0) is 35.7 Å². The molecule has 1 fully saturated rings. The first kappa shape index (κ1) is 26.3. The van der Waals surface area contributed by atoms with Crippen molar-refractivity contribution in [3.63, 3.8) is 0 Å². The third-order valence-corrected chi connectivity index (χ3v) is 7.19. The van der Waals surface area contributed by atoms with Crippen LogP contribution in [0.4, 0.5) is 5.69 Å². The third kappa shape index (κ3) is 6.85. The van der Waals surface area contributed by atoms with Crippen LogP contribution in [-0.4, -0.2) is 64.9 Å². The average Bonchev–Trinajstić information content (AvgIpc) is 2.81. The highest BCUT2D eigenvalue weighted by atomic mass is 35.5. The molecule has 1 heterocycles. The molecule has 186 valence electrons. The highest BCUT2D eigenvalue weighted by Gasteiger charge is 2.31. The average molecular weight is 510 g/mol. The molecule has 1 amide bonds. The minimum Gasteiger partial charge on any atom is -0.495 e. The number of benzene rings is 2. The van der Waals surface area contributed by atoms with E-state index in [0.29, 0.717) is 24.4 Å². The molecule has 2 aromatic carbocycles. The third-order valence-electron chi connectivity index (χ3n) is 5.72. The zero-order valence-corrected chi connectivity index (χ0v) is 21.4. The van der Waals surface area contributed by atoms with Crippen molar-refractivity contribution in [2.75, 3.05) is 44.0 Å². The predicted octanol–water partition coefficient (Wildman–Crippen LogP) is 3.04. The Morgan fingerprint density at radius 3 is 2.38 bits per heavy atom. The zero-order chi connectivity index (χ0) is 24.7. The van der Waals surface area contributed by atoms with Crippen molar-refractivity contribution in [3.05, 3.63) is 58.6 Å². The number of carbonyl (C=O) groups is 1. The quantitative estimate of drug-likeness (QED) is 0.529. The van der Waals surface area contributed by atoms with Crippen LogP contribution in [0.3, 0.4) is 0 Å². The van der Waals surface area contributed by atoms with Gasteiger partial charge in [-0.3, -0.25) is 14.0 Å². The number of morpholine rings is 1. The van der Waals surface area contributed by atoms with E-state index in [0.717, 1.165) is 49.0 Å². The second-order valence-electron chi connectivity index (χ2n) is 8.22. The Bertz CT molecular complexity index is 1070. The lowest BCUT2D eigenvalue weighted by Gasteiger charge is -2.30. The number of halogens is 1. The maximum atomic E-state index is 13.1. The highest BCUT2D eigenvalue weighted by molar-refractivity contribution is 7.92. The van der Waals surface area contributed by atoms with E-state index in [1.807, 2.05) is 12.1 Å². The molecule has 1 unspecified atom stereocenters. The number of hydrogen-bond acceptors (Lipinski definition) is 6. The topological polar surface area (TPSA) is 88.2 Å². The van der Waals surface area contributed by atoms with Gasteiger partial charge in [-0.2, -0.15) is 0 Å². The fourth-order valence-electron chi connectivity index (χ4n) is 3.94. The minimum absolute atomic E-state index is 0.265. The molecular weight excluding hydrogens is 478 g/mol. The van der Waals surface area contributed by atoms with Gasteiger partial charge in [0.2, 0.25) is 15.9 Å². The van der Waals surface area contributed by atoms with Crippen molar-refractivity contribution in [1.82, 2.24) is 10.2 Å². The summed E-state index contributed by atoms with van der Waals surface area (Å²) < 4.78 is 36.9. The molecule has 34 heavy (non-hydrogen) atoms. The van der Waals surface area contributed by atoms with Crippen LogP contribution < -0.4 is 14.4 Å². The lowest BCUT2D eigenvalue weighted by atomic mass is 10.1. The first-order valence-corrected chi connectivity index (χ1v) is 13.4. The van der Waals surface area contributed by atoms with E-state index in [1.54, 1.807) is 19.1 Å². The van der Waals surface area contributed by atoms with Crippen LogP contribution in [0.5, 0.6) is 5.75 Å². The van der Waals surface area contributed by atoms with Gasteiger partial charge in [0.1, 0.15) is 11.8 Å². The summed E-state index contributed by atoms with van der Waals surface area (Å²) >= 11 is 6.21. The lowest BCUT2D eigenvalue weighted by molar-refractivity contribution is -0.122. The fourth-order valence-corrected chi connectivity index (χ4v) is 5.40. The van der Waals surface area contributed by atoms with E-state index < -0.39 is 16.1 Å². The van der Waals surface area contributed by atoms with Crippen LogP contribution in [-0.2, 0) is 32.6 Å². The summed E-state index contributed by atoms with van der Waals surface area (Å²) in [4.78, 5) is 15.4. The van der Waals surface area contributed by atoms with E-state index in [2.05, 4.69) is 22.3 Å². The Hall–Kier alpha value is -2.33. The Morgan fingerprint density at radius 1 is 1.18 bits per heavy atom. The van der Waals surface area contributed by atoms with Crippen molar-refractivity contribution in [3.8, 4) is 5.75 Å². The Morgan fingerprint density at radius 2 is 1.82 bits per heavy atom. The van der Waals surface area contributed by atoms with Gasteiger partial charge in [0, 0.05) is 26.2 Å². The fraction of sp³-hybridized carbons (Fsp3) is 0.458. The monoisotopic (exact) mass is 509 g/mol. The molecule has 1 N–H and O–H groups in total. The van der Waals surface area contributed by atoms with E-state index in [4.69, 9.17) is 21.1 Å². The molecule has 0 radical (unpaired) electrons. The van der Waals surface area contributed by atoms with Gasteiger partial charge in [0.15, 0.2) is 0 Å². The molecule has 0 aliphatic carbocycles. The van der Waals surface area contributed by atoms with Gasteiger partial charge in [0.25, 0.3) is 0 Å². The maximum absolute atomic E-state index is 13.1. The predicted molar refractivity (Wildman–Crippen MR) is 134 cm³/mol. The number of nitrogens with zero attached hydrogens (tertiary/aromatic N) is 2. The number of hydrogen-bond donors (Lipinski definition) is 1. The van der Waals surface area contributed by atoms with E-state index in [9.17, 15) is 13.2 Å². The summed E-state index contributed by atoms with van der Waals surface area (Å²) in [5, 5.41) is 3.15. The number of anilines is 1. The second kappa shape index (κ2) is 11.9. The first-order valence-electron chi connectivity index (χ1n) is 11.2. The maximum Gasteiger partial charge on any atom is 0.244 e. The summed E-state index contributed by atoms with van der Waals surface area (Å²) in [6.07, 6.45) is 1.37. The number of carbonyl (C=O) groups excluding carboxylic acids is 1. The smallest absolute Gasteiger partial charge is 0.244 e. The Labute approximate surface area is 206 Å². The van der Waals surface area contributed by atoms with Gasteiger partial charge in [-0.1, -0.05) is 42.8 Å². The van der Waals surface area contributed by atoms with Gasteiger partial charge in [-0.25, -0.2) is 8.42 Å². The van der Waals surface area contributed by atoms with Crippen LogP contribution in [0, 0.1) is 0 Å². The molecule has 0 aromatic heterocycles. The molecular formula is C24H32ClN3O5S. The molecule has 0 saturated carbocycles. The van der Waals surface area contributed by atoms with Crippen LogP contribution in [0.15, 0.2) is 42.5 Å². The van der Waals surface area contributed by atoms with Crippen molar-refractivity contribution in [1.29, 1.82) is 0 Å².